The van der Waals surface area contributed by atoms with Crippen LogP contribution in [0.3, 0.4) is 0 Å². The molecule has 0 radical (unpaired) electrons. The van der Waals surface area contributed by atoms with Crippen molar-refractivity contribution in [2.45, 2.75) is 13.5 Å². The van der Waals surface area contributed by atoms with Crippen LogP contribution >= 0.6 is 27.3 Å². The SMILES string of the molecule is Cc1ncc(CN(C)C(=O)c2cccc([N+](=O)[O-])c2Br)s1. The number of aromatic nitrogens is 1. The Kier molecular flexibility index (Phi) is 4.69. The number of benzene rings is 1. The number of carbonyl (C=O) groups is 1. The molecule has 1 heterocycles. The first-order valence-electron chi connectivity index (χ1n) is 6.00. The van der Waals surface area contributed by atoms with Crippen molar-refractivity contribution in [2.24, 2.45) is 0 Å². The summed E-state index contributed by atoms with van der Waals surface area (Å²) >= 11 is 4.66. The van der Waals surface area contributed by atoms with Crippen molar-refractivity contribution in [1.29, 1.82) is 0 Å². The van der Waals surface area contributed by atoms with Gasteiger partial charge in [-0.1, -0.05) is 6.07 Å². The maximum atomic E-state index is 12.4. The molecule has 110 valence electrons. The van der Waals surface area contributed by atoms with Crippen LogP contribution in [0.2, 0.25) is 0 Å². The molecule has 0 aliphatic rings. The Morgan fingerprint density at radius 1 is 1.52 bits per heavy atom. The molecule has 2 aromatic rings. The zero-order valence-corrected chi connectivity index (χ0v) is 13.8. The minimum atomic E-state index is -0.520. The van der Waals surface area contributed by atoms with Crippen LogP contribution in [0.25, 0.3) is 0 Å². The molecule has 2 rings (SSSR count). The van der Waals surface area contributed by atoms with Gasteiger partial charge in [0.25, 0.3) is 11.6 Å². The number of carbonyl (C=O) groups excluding carboxylic acids is 1. The number of nitrogens with zero attached hydrogens (tertiary/aromatic N) is 3. The van der Waals surface area contributed by atoms with Crippen molar-refractivity contribution >= 4 is 38.9 Å². The summed E-state index contributed by atoms with van der Waals surface area (Å²) in [7, 11) is 1.66. The number of amides is 1. The van der Waals surface area contributed by atoms with Gasteiger partial charge in [-0.25, -0.2) is 4.98 Å². The van der Waals surface area contributed by atoms with Gasteiger partial charge in [0.1, 0.15) is 4.47 Å². The molecule has 1 aromatic heterocycles. The number of rotatable bonds is 4. The van der Waals surface area contributed by atoms with Crippen molar-refractivity contribution in [2.75, 3.05) is 7.05 Å². The molecule has 0 N–H and O–H groups in total. The smallest absolute Gasteiger partial charge is 0.284 e. The molecule has 21 heavy (non-hydrogen) atoms. The third-order valence-electron chi connectivity index (χ3n) is 2.81. The summed E-state index contributed by atoms with van der Waals surface area (Å²) in [4.78, 5) is 29.4. The topological polar surface area (TPSA) is 76.3 Å². The highest BCUT2D eigenvalue weighted by Gasteiger charge is 2.22. The van der Waals surface area contributed by atoms with Gasteiger partial charge in [-0.2, -0.15) is 0 Å². The number of hydrogen-bond acceptors (Lipinski definition) is 5. The summed E-state index contributed by atoms with van der Waals surface area (Å²) in [5.74, 6) is -0.281. The fourth-order valence-electron chi connectivity index (χ4n) is 1.82. The van der Waals surface area contributed by atoms with Gasteiger partial charge >= 0.3 is 0 Å². The van der Waals surface area contributed by atoms with E-state index in [-0.39, 0.29) is 21.6 Å². The van der Waals surface area contributed by atoms with Gasteiger partial charge in [0.2, 0.25) is 0 Å². The number of nitro groups is 1. The molecule has 0 aliphatic heterocycles. The van der Waals surface area contributed by atoms with E-state index in [1.807, 2.05) is 6.92 Å². The van der Waals surface area contributed by atoms with Crippen LogP contribution in [0.15, 0.2) is 28.9 Å². The van der Waals surface area contributed by atoms with Gasteiger partial charge in [0, 0.05) is 24.2 Å². The quantitative estimate of drug-likeness (QED) is 0.611. The fourth-order valence-corrected chi connectivity index (χ4v) is 3.24. The summed E-state index contributed by atoms with van der Waals surface area (Å²) in [6.07, 6.45) is 1.73. The summed E-state index contributed by atoms with van der Waals surface area (Å²) in [5.41, 5.74) is 0.149. The molecule has 0 spiro atoms. The highest BCUT2D eigenvalue weighted by atomic mass is 79.9. The van der Waals surface area contributed by atoms with Gasteiger partial charge in [-0.15, -0.1) is 11.3 Å². The van der Waals surface area contributed by atoms with Crippen molar-refractivity contribution in [3.05, 3.63) is 54.4 Å². The summed E-state index contributed by atoms with van der Waals surface area (Å²) < 4.78 is 0.201. The number of halogens is 1. The average molecular weight is 370 g/mol. The minimum absolute atomic E-state index is 0.122. The van der Waals surface area contributed by atoms with E-state index in [1.54, 1.807) is 19.3 Å². The molecule has 0 saturated carbocycles. The first kappa shape index (κ1) is 15.6. The highest BCUT2D eigenvalue weighted by molar-refractivity contribution is 9.10. The second kappa shape index (κ2) is 6.31. The Morgan fingerprint density at radius 2 is 2.24 bits per heavy atom. The van der Waals surface area contributed by atoms with Crippen molar-refractivity contribution in [3.63, 3.8) is 0 Å². The molecular formula is C13H12BrN3O3S. The molecule has 8 heteroatoms. The third kappa shape index (κ3) is 3.45. The largest absolute Gasteiger partial charge is 0.336 e. The maximum Gasteiger partial charge on any atom is 0.284 e. The molecule has 6 nitrogen and oxygen atoms in total. The van der Waals surface area contributed by atoms with E-state index in [0.29, 0.717) is 6.54 Å². The van der Waals surface area contributed by atoms with Gasteiger partial charge in [-0.05, 0) is 28.9 Å². The second-order valence-corrected chi connectivity index (χ2v) is 6.51. The minimum Gasteiger partial charge on any atom is -0.336 e. The summed E-state index contributed by atoms with van der Waals surface area (Å²) in [5, 5.41) is 11.8. The Hall–Kier alpha value is -1.80. The predicted molar refractivity (Wildman–Crippen MR) is 83.4 cm³/mol. The van der Waals surface area contributed by atoms with E-state index in [0.717, 1.165) is 9.88 Å². The monoisotopic (exact) mass is 369 g/mol. The Labute approximate surface area is 133 Å². The molecule has 1 amide bonds. The molecule has 0 fully saturated rings. The molecular weight excluding hydrogens is 358 g/mol. The number of aryl methyl sites for hydroxylation is 1. The Morgan fingerprint density at radius 3 is 2.81 bits per heavy atom. The van der Waals surface area contributed by atoms with E-state index in [9.17, 15) is 14.9 Å². The van der Waals surface area contributed by atoms with Crippen LogP contribution in [0, 0.1) is 17.0 Å². The average Bonchev–Trinajstić information content (AvgIpc) is 2.83. The second-order valence-electron chi connectivity index (χ2n) is 4.40. The zero-order valence-electron chi connectivity index (χ0n) is 11.4. The van der Waals surface area contributed by atoms with E-state index < -0.39 is 4.92 Å². The van der Waals surface area contributed by atoms with Crippen molar-refractivity contribution in [3.8, 4) is 0 Å². The summed E-state index contributed by atoms with van der Waals surface area (Å²) in [6, 6.07) is 4.42. The van der Waals surface area contributed by atoms with Crippen molar-refractivity contribution < 1.29 is 9.72 Å². The zero-order chi connectivity index (χ0) is 15.6. The van der Waals surface area contributed by atoms with Crippen LogP contribution in [0.1, 0.15) is 20.2 Å². The van der Waals surface area contributed by atoms with Crippen LogP contribution in [0.4, 0.5) is 5.69 Å². The van der Waals surface area contributed by atoms with Crippen molar-refractivity contribution in [1.82, 2.24) is 9.88 Å². The van der Waals surface area contributed by atoms with Gasteiger partial charge < -0.3 is 4.90 Å². The number of hydrogen-bond donors (Lipinski definition) is 0. The molecule has 0 bridgehead atoms. The van der Waals surface area contributed by atoms with Gasteiger partial charge in [0.15, 0.2) is 0 Å². The van der Waals surface area contributed by atoms with Crippen LogP contribution in [-0.2, 0) is 6.54 Å². The lowest BCUT2D eigenvalue weighted by molar-refractivity contribution is -0.385. The summed E-state index contributed by atoms with van der Waals surface area (Å²) in [6.45, 7) is 2.31. The molecule has 0 atom stereocenters. The third-order valence-corrected chi connectivity index (χ3v) is 4.55. The first-order valence-corrected chi connectivity index (χ1v) is 7.60. The van der Waals surface area contributed by atoms with Gasteiger partial charge in [0.05, 0.1) is 22.0 Å². The standard InChI is InChI=1S/C13H12BrN3O3S/c1-8-15-6-9(21-8)7-16(2)13(18)10-4-3-5-11(12(10)14)17(19)20/h3-6H,7H2,1-2H3. The van der Waals surface area contributed by atoms with Crippen LogP contribution in [0.5, 0.6) is 0 Å². The lowest BCUT2D eigenvalue weighted by Gasteiger charge is -2.16. The Balaban J connectivity index is 2.23. The van der Waals surface area contributed by atoms with Crippen LogP contribution < -0.4 is 0 Å². The van der Waals surface area contributed by atoms with Crippen LogP contribution in [-0.4, -0.2) is 27.8 Å². The molecule has 1 aromatic carbocycles. The van der Waals surface area contributed by atoms with E-state index in [2.05, 4.69) is 20.9 Å². The maximum absolute atomic E-state index is 12.4. The van der Waals surface area contributed by atoms with E-state index in [1.165, 1.54) is 28.4 Å². The normalized spacial score (nSPS) is 10.4. The lowest BCUT2D eigenvalue weighted by atomic mass is 10.2. The molecule has 0 saturated heterocycles. The van der Waals surface area contributed by atoms with E-state index >= 15 is 0 Å². The van der Waals surface area contributed by atoms with E-state index in [4.69, 9.17) is 0 Å². The fraction of sp³-hybridized carbons (Fsp3) is 0.231. The first-order chi connectivity index (χ1) is 9.90. The number of nitro benzene ring substituents is 1. The molecule has 0 unspecified atom stereocenters. The Bertz CT molecular complexity index is 702. The lowest BCUT2D eigenvalue weighted by Crippen LogP contribution is -2.26. The van der Waals surface area contributed by atoms with Gasteiger partial charge in [-0.3, -0.25) is 14.9 Å². The predicted octanol–water partition coefficient (Wildman–Crippen LogP) is 3.39. The number of thiazole rings is 1. The highest BCUT2D eigenvalue weighted by Crippen LogP contribution is 2.29. The molecule has 0 aliphatic carbocycles.